The number of aryl methyl sites for hydroxylation is 1. The third-order valence-electron chi connectivity index (χ3n) is 4.62. The molecule has 5 heteroatoms. The maximum Gasteiger partial charge on any atom is 0.0970 e. The summed E-state index contributed by atoms with van der Waals surface area (Å²) in [5.74, 6) is 1.97. The number of benzene rings is 2. The second-order valence-electron chi connectivity index (χ2n) is 6.62. The van der Waals surface area contributed by atoms with Crippen LogP contribution in [-0.4, -0.2) is 15.5 Å². The largest absolute Gasteiger partial charge is 0.264 e. The molecule has 1 aliphatic heterocycles. The number of nitrogens with zero attached hydrogens (tertiary/aromatic N) is 2. The van der Waals surface area contributed by atoms with Gasteiger partial charge in [-0.15, -0.1) is 0 Å². The number of halogens is 2. The van der Waals surface area contributed by atoms with Crippen LogP contribution in [0.4, 0.5) is 0 Å². The third-order valence-corrected chi connectivity index (χ3v) is 6.13. The maximum absolute atomic E-state index is 6.07. The molecule has 0 radical (unpaired) electrons. The van der Waals surface area contributed by atoms with Crippen molar-refractivity contribution in [3.8, 4) is 11.3 Å². The topological polar surface area (TPSA) is 17.8 Å². The molecule has 0 unspecified atom stereocenters. The first kappa shape index (κ1) is 18.7. The van der Waals surface area contributed by atoms with Crippen LogP contribution >= 0.6 is 35.0 Å². The molecule has 2 aromatic carbocycles. The van der Waals surface area contributed by atoms with Gasteiger partial charge in [0.25, 0.3) is 0 Å². The average Bonchev–Trinajstić information content (AvgIpc) is 3.04. The molecular weight excluding hydrogens is 395 g/mol. The molecule has 0 atom stereocenters. The van der Waals surface area contributed by atoms with Crippen LogP contribution in [0.25, 0.3) is 22.9 Å². The molecule has 0 bridgehead atoms. The molecule has 0 N–H and O–H groups in total. The zero-order valence-corrected chi connectivity index (χ0v) is 17.4. The fourth-order valence-corrected chi connectivity index (χ4v) is 4.68. The van der Waals surface area contributed by atoms with E-state index < -0.39 is 0 Å². The van der Waals surface area contributed by atoms with Crippen molar-refractivity contribution in [1.82, 2.24) is 9.78 Å². The first-order chi connectivity index (χ1) is 13.2. The van der Waals surface area contributed by atoms with E-state index in [2.05, 4.69) is 41.9 Å². The predicted octanol–water partition coefficient (Wildman–Crippen LogP) is 7.05. The van der Waals surface area contributed by atoms with Gasteiger partial charge in [-0.05, 0) is 47.9 Å². The van der Waals surface area contributed by atoms with Gasteiger partial charge in [0.15, 0.2) is 0 Å². The summed E-state index contributed by atoms with van der Waals surface area (Å²) in [6.07, 6.45) is 3.32. The maximum atomic E-state index is 6.07. The Morgan fingerprint density at radius 3 is 2.33 bits per heavy atom. The van der Waals surface area contributed by atoms with Crippen LogP contribution in [-0.2, 0) is 12.3 Å². The van der Waals surface area contributed by atoms with Crippen LogP contribution in [0, 0.1) is 0 Å². The summed E-state index contributed by atoms with van der Waals surface area (Å²) in [4.78, 5) is 0. The van der Waals surface area contributed by atoms with Gasteiger partial charge in [0.05, 0.1) is 11.4 Å². The van der Waals surface area contributed by atoms with Crippen molar-refractivity contribution in [2.45, 2.75) is 25.6 Å². The molecule has 0 fully saturated rings. The minimum Gasteiger partial charge on any atom is -0.264 e. The Bertz CT molecular complexity index is 973. The minimum absolute atomic E-state index is 0.748. The van der Waals surface area contributed by atoms with Gasteiger partial charge >= 0.3 is 0 Å². The lowest BCUT2D eigenvalue weighted by Gasteiger charge is -2.18. The number of thioether (sulfide) groups is 1. The van der Waals surface area contributed by atoms with Crippen molar-refractivity contribution < 1.29 is 0 Å². The van der Waals surface area contributed by atoms with E-state index in [0.717, 1.165) is 45.8 Å². The van der Waals surface area contributed by atoms with Crippen LogP contribution in [0.3, 0.4) is 0 Å². The molecule has 2 heterocycles. The zero-order chi connectivity index (χ0) is 18.8. The first-order valence-corrected chi connectivity index (χ1v) is 11.0. The highest BCUT2D eigenvalue weighted by molar-refractivity contribution is 7.99. The Labute approximate surface area is 174 Å². The van der Waals surface area contributed by atoms with E-state index >= 15 is 0 Å². The van der Waals surface area contributed by atoms with E-state index in [1.165, 1.54) is 22.4 Å². The molecule has 3 aromatic rings. The van der Waals surface area contributed by atoms with Crippen LogP contribution in [0.5, 0.6) is 0 Å². The minimum atomic E-state index is 0.748. The molecule has 4 rings (SSSR count). The van der Waals surface area contributed by atoms with Gasteiger partial charge in [-0.1, -0.05) is 54.4 Å². The number of hydrogen-bond donors (Lipinski definition) is 0. The highest BCUT2D eigenvalue weighted by atomic mass is 35.5. The van der Waals surface area contributed by atoms with Gasteiger partial charge in [0.2, 0.25) is 0 Å². The van der Waals surface area contributed by atoms with Crippen molar-refractivity contribution in [3.05, 3.63) is 75.4 Å². The van der Waals surface area contributed by atoms with E-state index in [1.807, 2.05) is 36.0 Å². The Morgan fingerprint density at radius 1 is 1.00 bits per heavy atom. The smallest absolute Gasteiger partial charge is 0.0970 e. The molecule has 0 saturated heterocycles. The van der Waals surface area contributed by atoms with E-state index in [4.69, 9.17) is 28.3 Å². The molecule has 0 amide bonds. The highest BCUT2D eigenvalue weighted by Crippen LogP contribution is 2.39. The molecular formula is C22H20Cl2N2S. The third kappa shape index (κ3) is 3.96. The van der Waals surface area contributed by atoms with Crippen molar-refractivity contribution in [3.63, 3.8) is 0 Å². The highest BCUT2D eigenvalue weighted by Gasteiger charge is 2.25. The lowest BCUT2D eigenvalue weighted by Crippen LogP contribution is -2.09. The Kier molecular flexibility index (Phi) is 5.63. The van der Waals surface area contributed by atoms with Crippen LogP contribution in [0.2, 0.25) is 10.0 Å². The lowest BCUT2D eigenvalue weighted by molar-refractivity contribution is 0.597. The summed E-state index contributed by atoms with van der Waals surface area (Å²) < 4.78 is 2.18. The van der Waals surface area contributed by atoms with Crippen LogP contribution in [0.15, 0.2) is 48.5 Å². The summed E-state index contributed by atoms with van der Waals surface area (Å²) in [7, 11) is 0. The fourth-order valence-electron chi connectivity index (χ4n) is 3.41. The second-order valence-corrected chi connectivity index (χ2v) is 8.48. The lowest BCUT2D eigenvalue weighted by atomic mass is 10.0. The van der Waals surface area contributed by atoms with Crippen LogP contribution in [0.1, 0.15) is 30.2 Å². The standard InChI is InChI=1S/C22H20Cl2N2S/c1-2-11-26-22-17(12-15-3-7-18(23)8-4-15)13-27-14-20(22)21(25-26)16-5-9-19(24)10-6-16/h3-10,12H,2,11,13-14H2,1H3/b17-12+. The molecule has 0 saturated carbocycles. The molecule has 2 nitrogen and oxygen atoms in total. The normalized spacial score (nSPS) is 15.1. The van der Waals surface area contributed by atoms with Gasteiger partial charge in [0, 0.05) is 39.2 Å². The molecule has 0 spiro atoms. The molecule has 1 aromatic heterocycles. The van der Waals surface area contributed by atoms with E-state index in [-0.39, 0.29) is 0 Å². The quantitative estimate of drug-likeness (QED) is 0.454. The van der Waals surface area contributed by atoms with Gasteiger partial charge in [0.1, 0.15) is 0 Å². The van der Waals surface area contributed by atoms with Gasteiger partial charge in [-0.2, -0.15) is 16.9 Å². The first-order valence-electron chi connectivity index (χ1n) is 9.05. The summed E-state index contributed by atoms with van der Waals surface area (Å²) in [5, 5.41) is 6.50. The van der Waals surface area contributed by atoms with E-state index in [9.17, 15) is 0 Å². The predicted molar refractivity (Wildman–Crippen MR) is 118 cm³/mol. The summed E-state index contributed by atoms with van der Waals surface area (Å²) in [5.41, 5.74) is 7.28. The number of rotatable bonds is 4. The van der Waals surface area contributed by atoms with Gasteiger partial charge < -0.3 is 0 Å². The van der Waals surface area contributed by atoms with Crippen molar-refractivity contribution in [2.24, 2.45) is 0 Å². The number of hydrogen-bond acceptors (Lipinski definition) is 2. The fraction of sp³-hybridized carbons (Fsp3) is 0.227. The van der Waals surface area contributed by atoms with E-state index in [0.29, 0.717) is 0 Å². The van der Waals surface area contributed by atoms with E-state index in [1.54, 1.807) is 0 Å². The van der Waals surface area contributed by atoms with Crippen molar-refractivity contribution in [2.75, 3.05) is 5.75 Å². The molecule has 0 aliphatic carbocycles. The second kappa shape index (κ2) is 8.14. The van der Waals surface area contributed by atoms with Gasteiger partial charge in [-0.25, -0.2) is 0 Å². The number of fused-ring (bicyclic) bond motifs is 1. The SMILES string of the molecule is CCCn1nc(-c2ccc(Cl)cc2)c2c1/C(=C/c1ccc(Cl)cc1)CSC2. The Hall–Kier alpha value is -1.68. The molecule has 138 valence electrons. The Balaban J connectivity index is 1.83. The summed E-state index contributed by atoms with van der Waals surface area (Å²) in [6, 6.07) is 16.0. The average molecular weight is 415 g/mol. The summed E-state index contributed by atoms with van der Waals surface area (Å²) in [6.45, 7) is 3.11. The molecule has 1 aliphatic rings. The zero-order valence-electron chi connectivity index (χ0n) is 15.1. The molecule has 27 heavy (non-hydrogen) atoms. The Morgan fingerprint density at radius 2 is 1.67 bits per heavy atom. The van der Waals surface area contributed by atoms with Gasteiger partial charge in [-0.3, -0.25) is 4.68 Å². The number of aromatic nitrogens is 2. The van der Waals surface area contributed by atoms with Crippen molar-refractivity contribution >= 4 is 46.6 Å². The summed E-state index contributed by atoms with van der Waals surface area (Å²) >= 11 is 14.0. The van der Waals surface area contributed by atoms with Crippen LogP contribution < -0.4 is 0 Å². The monoisotopic (exact) mass is 414 g/mol. The van der Waals surface area contributed by atoms with Crippen molar-refractivity contribution in [1.29, 1.82) is 0 Å².